The lowest BCUT2D eigenvalue weighted by Crippen LogP contribution is -2.16. The van der Waals surface area contributed by atoms with Crippen LogP contribution in [0.5, 0.6) is 5.75 Å². The number of aromatic nitrogens is 1. The summed E-state index contributed by atoms with van der Waals surface area (Å²) in [5, 5.41) is 2.05. The fraction of sp³-hybridized carbons (Fsp3) is 0.150. The van der Waals surface area contributed by atoms with Crippen molar-refractivity contribution in [3.05, 3.63) is 77.0 Å². The first-order valence-electron chi connectivity index (χ1n) is 8.35. The molecule has 0 aliphatic carbocycles. The number of hydrogen-bond acceptors (Lipinski definition) is 5. The van der Waals surface area contributed by atoms with Gasteiger partial charge in [0.2, 0.25) is 0 Å². The zero-order valence-corrected chi connectivity index (χ0v) is 15.1. The molecular formula is C20H18N2O3S. The first-order chi connectivity index (χ1) is 12.8. The van der Waals surface area contributed by atoms with E-state index in [0.29, 0.717) is 13.2 Å². The maximum Gasteiger partial charge on any atom is 0.190 e. The third-order valence-electron chi connectivity index (χ3n) is 3.84. The largest absolute Gasteiger partial charge is 0.494 e. The highest BCUT2D eigenvalue weighted by atomic mass is 32.1. The normalized spacial score (nSPS) is 11.8. The van der Waals surface area contributed by atoms with Crippen molar-refractivity contribution in [1.29, 1.82) is 0 Å². The standard InChI is InChI=1S/C20H18N2O3S/c1-2-23-16-9-7-15(8-10-16)21-20-22(13-17-5-3-11-24-17)18(14-26-20)19-6-4-12-25-19/h3-12,14H,2,13H2,1H3. The number of ether oxygens (including phenoxy) is 1. The summed E-state index contributed by atoms with van der Waals surface area (Å²) in [4.78, 5) is 5.67. The van der Waals surface area contributed by atoms with E-state index in [-0.39, 0.29) is 0 Å². The predicted octanol–water partition coefficient (Wildman–Crippen LogP) is 5.08. The fourth-order valence-corrected chi connectivity index (χ4v) is 3.55. The highest BCUT2D eigenvalue weighted by Gasteiger charge is 2.12. The lowest BCUT2D eigenvalue weighted by Gasteiger charge is -2.06. The molecule has 0 saturated heterocycles. The molecule has 3 heterocycles. The van der Waals surface area contributed by atoms with Crippen LogP contribution in [-0.2, 0) is 6.54 Å². The Labute approximate surface area is 154 Å². The van der Waals surface area contributed by atoms with Crippen LogP contribution in [0.4, 0.5) is 5.69 Å². The summed E-state index contributed by atoms with van der Waals surface area (Å²) in [6, 6.07) is 15.4. The fourth-order valence-electron chi connectivity index (χ4n) is 2.65. The van der Waals surface area contributed by atoms with Gasteiger partial charge in [-0.15, -0.1) is 11.3 Å². The molecule has 26 heavy (non-hydrogen) atoms. The van der Waals surface area contributed by atoms with Crippen molar-refractivity contribution in [2.75, 3.05) is 6.61 Å². The Kier molecular flexibility index (Phi) is 4.75. The van der Waals surface area contributed by atoms with Gasteiger partial charge >= 0.3 is 0 Å². The number of furan rings is 2. The van der Waals surface area contributed by atoms with Crippen molar-refractivity contribution in [3.63, 3.8) is 0 Å². The van der Waals surface area contributed by atoms with E-state index >= 15 is 0 Å². The molecule has 0 aliphatic rings. The summed E-state index contributed by atoms with van der Waals surface area (Å²) in [6.45, 7) is 3.21. The minimum Gasteiger partial charge on any atom is -0.494 e. The lowest BCUT2D eigenvalue weighted by atomic mass is 10.3. The second-order valence-corrected chi connectivity index (χ2v) is 6.42. The Hall–Kier alpha value is -2.99. The van der Waals surface area contributed by atoms with Gasteiger partial charge in [-0.2, -0.15) is 0 Å². The number of benzene rings is 1. The quantitative estimate of drug-likeness (QED) is 0.478. The van der Waals surface area contributed by atoms with Crippen molar-refractivity contribution >= 4 is 17.0 Å². The van der Waals surface area contributed by atoms with Gasteiger partial charge in [0.1, 0.15) is 11.5 Å². The molecule has 0 unspecified atom stereocenters. The van der Waals surface area contributed by atoms with Crippen LogP contribution in [0.25, 0.3) is 11.5 Å². The van der Waals surface area contributed by atoms with Crippen LogP contribution in [0.15, 0.2) is 80.3 Å². The minimum atomic E-state index is 0.586. The van der Waals surface area contributed by atoms with Crippen molar-refractivity contribution in [2.24, 2.45) is 4.99 Å². The Balaban J connectivity index is 1.75. The average Bonchev–Trinajstić information content (AvgIpc) is 3.40. The summed E-state index contributed by atoms with van der Waals surface area (Å²) < 4.78 is 18.7. The molecule has 0 bridgehead atoms. The molecule has 0 N–H and O–H groups in total. The molecule has 0 atom stereocenters. The molecular weight excluding hydrogens is 348 g/mol. The van der Waals surface area contributed by atoms with E-state index in [9.17, 15) is 0 Å². The summed E-state index contributed by atoms with van der Waals surface area (Å²) in [5.74, 6) is 2.52. The van der Waals surface area contributed by atoms with Gasteiger partial charge in [-0.1, -0.05) is 0 Å². The summed E-state index contributed by atoms with van der Waals surface area (Å²) >= 11 is 1.57. The van der Waals surface area contributed by atoms with Gasteiger partial charge < -0.3 is 18.1 Å². The zero-order chi connectivity index (χ0) is 17.8. The van der Waals surface area contributed by atoms with Gasteiger partial charge in [0.05, 0.1) is 37.1 Å². The van der Waals surface area contributed by atoms with E-state index < -0.39 is 0 Å². The molecule has 4 aromatic rings. The molecule has 0 spiro atoms. The topological polar surface area (TPSA) is 52.8 Å². The first kappa shape index (κ1) is 16.5. The first-order valence-corrected chi connectivity index (χ1v) is 9.23. The molecule has 0 amide bonds. The van der Waals surface area contributed by atoms with Crippen molar-refractivity contribution in [1.82, 2.24) is 4.57 Å². The van der Waals surface area contributed by atoms with Gasteiger partial charge in [0.15, 0.2) is 10.6 Å². The third-order valence-corrected chi connectivity index (χ3v) is 4.70. The van der Waals surface area contributed by atoms with Crippen molar-refractivity contribution in [2.45, 2.75) is 13.5 Å². The second kappa shape index (κ2) is 7.49. The van der Waals surface area contributed by atoms with Crippen LogP contribution in [0, 0.1) is 0 Å². The molecule has 6 heteroatoms. The van der Waals surface area contributed by atoms with Crippen LogP contribution < -0.4 is 9.54 Å². The number of nitrogens with zero attached hydrogens (tertiary/aromatic N) is 2. The molecule has 3 aromatic heterocycles. The molecule has 0 saturated carbocycles. The Morgan fingerprint density at radius 3 is 2.54 bits per heavy atom. The molecule has 5 nitrogen and oxygen atoms in total. The SMILES string of the molecule is CCOc1ccc(N=c2scc(-c3ccco3)n2Cc2ccco2)cc1. The number of rotatable bonds is 6. The maximum absolute atomic E-state index is 5.58. The molecule has 0 fully saturated rings. The summed E-state index contributed by atoms with van der Waals surface area (Å²) in [6.07, 6.45) is 3.35. The van der Waals surface area contributed by atoms with Crippen molar-refractivity contribution in [3.8, 4) is 17.2 Å². The van der Waals surface area contributed by atoms with Gasteiger partial charge in [-0.25, -0.2) is 4.99 Å². The van der Waals surface area contributed by atoms with Crippen LogP contribution >= 0.6 is 11.3 Å². The number of hydrogen-bond donors (Lipinski definition) is 0. The van der Waals surface area contributed by atoms with E-state index in [2.05, 4.69) is 9.95 Å². The van der Waals surface area contributed by atoms with E-state index in [1.165, 1.54) is 0 Å². The van der Waals surface area contributed by atoms with Crippen LogP contribution in [0.2, 0.25) is 0 Å². The highest BCUT2D eigenvalue weighted by Crippen LogP contribution is 2.23. The van der Waals surface area contributed by atoms with Crippen molar-refractivity contribution < 1.29 is 13.6 Å². The maximum atomic E-state index is 5.58. The minimum absolute atomic E-state index is 0.586. The zero-order valence-electron chi connectivity index (χ0n) is 14.3. The Morgan fingerprint density at radius 1 is 1.04 bits per heavy atom. The van der Waals surface area contributed by atoms with E-state index in [4.69, 9.17) is 18.6 Å². The number of thiazole rings is 1. The van der Waals surface area contributed by atoms with Crippen LogP contribution in [0.3, 0.4) is 0 Å². The highest BCUT2D eigenvalue weighted by molar-refractivity contribution is 7.07. The smallest absolute Gasteiger partial charge is 0.190 e. The van der Waals surface area contributed by atoms with E-state index in [0.717, 1.165) is 33.5 Å². The summed E-state index contributed by atoms with van der Waals surface area (Å²) in [5.41, 5.74) is 1.84. The monoisotopic (exact) mass is 366 g/mol. The van der Waals surface area contributed by atoms with E-state index in [1.807, 2.05) is 55.5 Å². The average molecular weight is 366 g/mol. The van der Waals surface area contributed by atoms with Crippen LogP contribution in [0.1, 0.15) is 12.7 Å². The third kappa shape index (κ3) is 3.50. The second-order valence-electron chi connectivity index (χ2n) is 5.59. The molecule has 1 aromatic carbocycles. The van der Waals surface area contributed by atoms with Gasteiger partial charge in [0.25, 0.3) is 0 Å². The molecule has 4 rings (SSSR count). The van der Waals surface area contributed by atoms with Gasteiger partial charge in [0, 0.05) is 5.38 Å². The molecule has 132 valence electrons. The molecule has 0 radical (unpaired) electrons. The van der Waals surface area contributed by atoms with E-state index in [1.54, 1.807) is 23.9 Å². The lowest BCUT2D eigenvalue weighted by molar-refractivity contribution is 0.340. The van der Waals surface area contributed by atoms with Gasteiger partial charge in [-0.3, -0.25) is 0 Å². The Morgan fingerprint density at radius 2 is 1.85 bits per heavy atom. The summed E-state index contributed by atoms with van der Waals surface area (Å²) in [7, 11) is 0. The molecule has 0 aliphatic heterocycles. The van der Waals surface area contributed by atoms with Crippen LogP contribution in [-0.4, -0.2) is 11.2 Å². The van der Waals surface area contributed by atoms with Gasteiger partial charge in [-0.05, 0) is 55.5 Å². The predicted molar refractivity (Wildman–Crippen MR) is 101 cm³/mol. The Bertz CT molecular complexity index is 1010.